The molecule has 0 aliphatic heterocycles. The van der Waals surface area contributed by atoms with Gasteiger partial charge in [-0.05, 0) is 61.7 Å². The summed E-state index contributed by atoms with van der Waals surface area (Å²) >= 11 is 0. The monoisotopic (exact) mass is 467 g/mol. The van der Waals surface area contributed by atoms with Crippen LogP contribution in [0, 0.1) is 6.92 Å². The summed E-state index contributed by atoms with van der Waals surface area (Å²) in [5.74, 6) is -1.18. The molecule has 0 spiro atoms. The van der Waals surface area contributed by atoms with E-state index in [1.807, 2.05) is 30.3 Å². The number of carboxylic acids is 1. The van der Waals surface area contributed by atoms with E-state index in [1.165, 1.54) is 24.4 Å². The minimum Gasteiger partial charge on any atom is -0.479 e. The smallest absolute Gasteiger partial charge is 0.417 e. The molecule has 0 aliphatic rings. The molecular weight excluding hydrogens is 443 g/mol. The maximum atomic E-state index is 13.7. The molecule has 176 valence electrons. The molecule has 1 atom stereocenters. The first-order chi connectivity index (χ1) is 15.9. The Labute approximate surface area is 195 Å². The number of aryl methyl sites for hydroxylation is 1. The van der Waals surface area contributed by atoms with Crippen molar-refractivity contribution in [1.82, 2.24) is 4.98 Å². The first kappa shape index (κ1) is 23.7. The second kappa shape index (κ2) is 8.40. The molecule has 0 saturated heterocycles. The zero-order chi connectivity index (χ0) is 24.8. The number of benzene rings is 3. The first-order valence-corrected chi connectivity index (χ1v) is 10.8. The normalized spacial score (nSPS) is 13.4. The van der Waals surface area contributed by atoms with E-state index in [2.05, 4.69) is 4.98 Å². The predicted octanol–water partition coefficient (Wildman–Crippen LogP) is 7.32. The first-order valence-electron chi connectivity index (χ1n) is 10.8. The van der Waals surface area contributed by atoms with Crippen molar-refractivity contribution in [2.45, 2.75) is 45.6 Å². The molecule has 0 amide bonds. The predicted molar refractivity (Wildman–Crippen MR) is 126 cm³/mol. The number of halogens is 3. The molecule has 0 fully saturated rings. The van der Waals surface area contributed by atoms with Gasteiger partial charge in [-0.15, -0.1) is 0 Å². The van der Waals surface area contributed by atoms with Gasteiger partial charge in [0.1, 0.15) is 0 Å². The van der Waals surface area contributed by atoms with Crippen molar-refractivity contribution in [3.05, 3.63) is 77.5 Å². The van der Waals surface area contributed by atoms with Crippen LogP contribution in [-0.4, -0.2) is 21.7 Å². The molecule has 4 nitrogen and oxygen atoms in total. The molecule has 7 heteroatoms. The van der Waals surface area contributed by atoms with E-state index in [1.54, 1.807) is 27.7 Å². The Balaban J connectivity index is 2.16. The van der Waals surface area contributed by atoms with Gasteiger partial charge in [-0.25, -0.2) is 4.79 Å². The average molecular weight is 467 g/mol. The summed E-state index contributed by atoms with van der Waals surface area (Å²) in [6.07, 6.45) is -4.46. The highest BCUT2D eigenvalue weighted by atomic mass is 19.4. The Morgan fingerprint density at radius 3 is 2.32 bits per heavy atom. The third kappa shape index (κ3) is 4.35. The van der Waals surface area contributed by atoms with Crippen LogP contribution in [-0.2, 0) is 15.7 Å². The molecular formula is C27H24F3NO3. The van der Waals surface area contributed by atoms with E-state index in [4.69, 9.17) is 4.74 Å². The van der Waals surface area contributed by atoms with E-state index >= 15 is 0 Å². The van der Waals surface area contributed by atoms with Crippen LogP contribution in [0.3, 0.4) is 0 Å². The minimum atomic E-state index is -4.56. The summed E-state index contributed by atoms with van der Waals surface area (Å²) in [6.45, 7) is 7.06. The Morgan fingerprint density at radius 2 is 1.68 bits per heavy atom. The van der Waals surface area contributed by atoms with Crippen molar-refractivity contribution in [2.24, 2.45) is 0 Å². The fraction of sp³-hybridized carbons (Fsp3) is 0.259. The maximum absolute atomic E-state index is 13.7. The molecule has 0 bridgehead atoms. The number of hydrogen-bond donors (Lipinski definition) is 1. The second-order valence-electron chi connectivity index (χ2n) is 9.21. The van der Waals surface area contributed by atoms with Gasteiger partial charge in [0, 0.05) is 22.7 Å². The summed E-state index contributed by atoms with van der Waals surface area (Å²) in [5.41, 5.74) is 0.556. The largest absolute Gasteiger partial charge is 0.479 e. The van der Waals surface area contributed by atoms with Crippen LogP contribution in [0.2, 0.25) is 0 Å². The Bertz CT molecular complexity index is 1400. The fourth-order valence-corrected chi connectivity index (χ4v) is 4.34. The lowest BCUT2D eigenvalue weighted by molar-refractivity contribution is -0.160. The van der Waals surface area contributed by atoms with Gasteiger partial charge in [0.2, 0.25) is 0 Å². The molecule has 1 unspecified atom stereocenters. The van der Waals surface area contributed by atoms with Crippen LogP contribution in [0.25, 0.3) is 32.8 Å². The Morgan fingerprint density at radius 1 is 1.00 bits per heavy atom. The fourth-order valence-electron chi connectivity index (χ4n) is 4.34. The number of carboxylic acid groups (broad SMARTS) is 1. The summed E-state index contributed by atoms with van der Waals surface area (Å²) in [7, 11) is 0. The molecule has 0 saturated carbocycles. The lowest BCUT2D eigenvalue weighted by Gasteiger charge is -2.29. The number of fused-ring (bicyclic) bond motifs is 2. The average Bonchev–Trinajstić information content (AvgIpc) is 2.74. The van der Waals surface area contributed by atoms with Crippen molar-refractivity contribution < 1.29 is 27.8 Å². The van der Waals surface area contributed by atoms with Crippen molar-refractivity contribution in [3.8, 4) is 11.1 Å². The Hall–Kier alpha value is -3.45. The van der Waals surface area contributed by atoms with E-state index in [0.29, 0.717) is 27.6 Å². The quantitative estimate of drug-likeness (QED) is 0.342. The van der Waals surface area contributed by atoms with E-state index < -0.39 is 29.4 Å². The van der Waals surface area contributed by atoms with Crippen LogP contribution < -0.4 is 0 Å². The molecule has 1 N–H and O–H groups in total. The van der Waals surface area contributed by atoms with Crippen LogP contribution in [0.4, 0.5) is 13.2 Å². The highest BCUT2D eigenvalue weighted by Crippen LogP contribution is 2.44. The maximum Gasteiger partial charge on any atom is 0.417 e. The number of aliphatic carboxylic acids is 1. The summed E-state index contributed by atoms with van der Waals surface area (Å²) in [5, 5.41) is 11.6. The van der Waals surface area contributed by atoms with Gasteiger partial charge in [0.15, 0.2) is 6.10 Å². The second-order valence-corrected chi connectivity index (χ2v) is 9.21. The van der Waals surface area contributed by atoms with Crippen molar-refractivity contribution in [2.75, 3.05) is 0 Å². The third-order valence-corrected chi connectivity index (χ3v) is 5.60. The molecule has 4 rings (SSSR count). The highest BCUT2D eigenvalue weighted by molar-refractivity contribution is 6.07. The van der Waals surface area contributed by atoms with Gasteiger partial charge in [-0.3, -0.25) is 4.98 Å². The van der Waals surface area contributed by atoms with Gasteiger partial charge in [-0.2, -0.15) is 13.2 Å². The number of carbonyl (C=O) groups is 1. The third-order valence-electron chi connectivity index (χ3n) is 5.60. The summed E-state index contributed by atoms with van der Waals surface area (Å²) in [6, 6.07) is 14.5. The number of rotatable bonds is 4. The number of hydrogen-bond acceptors (Lipinski definition) is 3. The van der Waals surface area contributed by atoms with E-state index in [-0.39, 0.29) is 10.9 Å². The van der Waals surface area contributed by atoms with Crippen LogP contribution in [0.5, 0.6) is 0 Å². The SMILES string of the molecule is Cc1cc2ccccc2c(-c2ccc(C(F)(F)F)c3cccnc23)c1C(OC(C)(C)C)C(=O)O. The van der Waals surface area contributed by atoms with Crippen molar-refractivity contribution >= 4 is 27.6 Å². The lowest BCUT2D eigenvalue weighted by atomic mass is 9.85. The zero-order valence-electron chi connectivity index (χ0n) is 19.2. The van der Waals surface area contributed by atoms with Crippen LogP contribution in [0.1, 0.15) is 43.6 Å². The van der Waals surface area contributed by atoms with Gasteiger partial charge in [-0.1, -0.05) is 42.5 Å². The molecule has 34 heavy (non-hydrogen) atoms. The van der Waals surface area contributed by atoms with Crippen molar-refractivity contribution in [1.29, 1.82) is 0 Å². The molecule has 0 aliphatic carbocycles. The van der Waals surface area contributed by atoms with Crippen LogP contribution in [0.15, 0.2) is 60.8 Å². The lowest BCUT2D eigenvalue weighted by Crippen LogP contribution is -2.28. The van der Waals surface area contributed by atoms with Crippen LogP contribution >= 0.6 is 0 Å². The Kier molecular flexibility index (Phi) is 5.85. The topological polar surface area (TPSA) is 59.4 Å². The van der Waals surface area contributed by atoms with E-state index in [9.17, 15) is 23.1 Å². The molecule has 0 radical (unpaired) electrons. The molecule has 4 aromatic rings. The van der Waals surface area contributed by atoms with Crippen molar-refractivity contribution in [3.63, 3.8) is 0 Å². The number of alkyl halides is 3. The number of pyridine rings is 1. The number of ether oxygens (including phenoxy) is 1. The zero-order valence-corrected chi connectivity index (χ0v) is 19.2. The minimum absolute atomic E-state index is 0.0485. The summed E-state index contributed by atoms with van der Waals surface area (Å²) in [4.78, 5) is 16.7. The van der Waals surface area contributed by atoms with E-state index in [0.717, 1.165) is 11.5 Å². The number of aromatic nitrogens is 1. The molecule has 1 heterocycles. The number of nitrogens with zero attached hydrogens (tertiary/aromatic N) is 1. The van der Waals surface area contributed by atoms with Gasteiger partial charge in [0.25, 0.3) is 0 Å². The summed E-state index contributed by atoms with van der Waals surface area (Å²) < 4.78 is 47.2. The van der Waals surface area contributed by atoms with Gasteiger partial charge < -0.3 is 9.84 Å². The highest BCUT2D eigenvalue weighted by Gasteiger charge is 2.35. The van der Waals surface area contributed by atoms with Gasteiger partial charge >= 0.3 is 12.1 Å². The van der Waals surface area contributed by atoms with Gasteiger partial charge in [0.05, 0.1) is 16.7 Å². The molecule has 3 aromatic carbocycles. The standard InChI is InChI=1S/C27H24F3NO3/c1-15-14-16-8-5-6-9-17(16)22(21(15)24(25(32)33)34-26(2,3)4)19-11-12-20(27(28,29)30)18-10-7-13-31-23(18)19/h5-14,24H,1-4H3,(H,32,33). The molecule has 1 aromatic heterocycles.